The van der Waals surface area contributed by atoms with Crippen LogP contribution in [0.3, 0.4) is 0 Å². The van der Waals surface area contributed by atoms with Gasteiger partial charge in [-0.05, 0) is 53.0 Å². The molecule has 3 atom stereocenters. The summed E-state index contributed by atoms with van der Waals surface area (Å²) in [6.45, 7) is 11.1. The fraction of sp³-hybridized carbons (Fsp3) is 0.520. The van der Waals surface area contributed by atoms with E-state index < -0.39 is 0 Å². The van der Waals surface area contributed by atoms with Gasteiger partial charge in [0.2, 0.25) is 0 Å². The minimum Gasteiger partial charge on any atom is -0.484 e. The normalized spacial score (nSPS) is 25.1. The zero-order valence-electron chi connectivity index (χ0n) is 17.7. The molecule has 0 bridgehead atoms. The van der Waals surface area contributed by atoms with Gasteiger partial charge in [0.15, 0.2) is 0 Å². The number of ether oxygens (including phenoxy) is 1. The summed E-state index contributed by atoms with van der Waals surface area (Å²) in [5, 5.41) is 0. The SMILES string of the molecule is CCc1ccc(OC2c3ccccc3CC2N2CCC(N)C2)c(C(C)(C)C)c1. The molecular weight excluding hydrogens is 344 g/mol. The van der Waals surface area contributed by atoms with Crippen molar-refractivity contribution in [1.82, 2.24) is 4.90 Å². The van der Waals surface area contributed by atoms with E-state index in [0.717, 1.165) is 38.1 Å². The van der Waals surface area contributed by atoms with Crippen LogP contribution in [0.15, 0.2) is 42.5 Å². The van der Waals surface area contributed by atoms with Gasteiger partial charge in [0.1, 0.15) is 11.9 Å². The number of benzene rings is 2. The Hall–Kier alpha value is -1.84. The molecule has 4 rings (SSSR count). The summed E-state index contributed by atoms with van der Waals surface area (Å²) in [7, 11) is 0. The van der Waals surface area contributed by atoms with Gasteiger partial charge >= 0.3 is 0 Å². The van der Waals surface area contributed by atoms with Gasteiger partial charge in [0, 0.05) is 19.1 Å². The van der Waals surface area contributed by atoms with Crippen LogP contribution < -0.4 is 10.5 Å². The van der Waals surface area contributed by atoms with E-state index in [-0.39, 0.29) is 11.5 Å². The summed E-state index contributed by atoms with van der Waals surface area (Å²) in [5.74, 6) is 1.03. The topological polar surface area (TPSA) is 38.5 Å². The minimum atomic E-state index is 0.0458. The van der Waals surface area contributed by atoms with Crippen molar-refractivity contribution in [1.29, 1.82) is 0 Å². The Bertz CT molecular complexity index is 839. The highest BCUT2D eigenvalue weighted by atomic mass is 16.5. The van der Waals surface area contributed by atoms with E-state index in [1.54, 1.807) is 0 Å². The first-order valence-electron chi connectivity index (χ1n) is 10.7. The average Bonchev–Trinajstić information content (AvgIpc) is 3.25. The lowest BCUT2D eigenvalue weighted by atomic mass is 9.85. The van der Waals surface area contributed by atoms with Crippen molar-refractivity contribution in [2.45, 2.75) is 70.6 Å². The molecule has 2 N–H and O–H groups in total. The first kappa shape index (κ1) is 19.5. The molecule has 28 heavy (non-hydrogen) atoms. The first-order valence-corrected chi connectivity index (χ1v) is 10.7. The third-order valence-corrected chi connectivity index (χ3v) is 6.38. The Labute approximate surface area is 169 Å². The summed E-state index contributed by atoms with van der Waals surface area (Å²) in [6, 6.07) is 16.2. The molecular formula is C25H34N2O. The zero-order chi connectivity index (χ0) is 19.9. The smallest absolute Gasteiger partial charge is 0.140 e. The van der Waals surface area contributed by atoms with Crippen LogP contribution in [-0.2, 0) is 18.3 Å². The largest absolute Gasteiger partial charge is 0.484 e. The van der Waals surface area contributed by atoms with Crippen molar-refractivity contribution in [2.75, 3.05) is 13.1 Å². The van der Waals surface area contributed by atoms with Gasteiger partial charge in [-0.3, -0.25) is 4.90 Å². The Balaban J connectivity index is 1.70. The molecule has 3 nitrogen and oxygen atoms in total. The third-order valence-electron chi connectivity index (χ3n) is 6.38. The van der Waals surface area contributed by atoms with E-state index in [0.29, 0.717) is 12.1 Å². The number of likely N-dealkylation sites (tertiary alicyclic amines) is 1. The van der Waals surface area contributed by atoms with Crippen LogP contribution in [0, 0.1) is 0 Å². The standard InChI is InChI=1S/C25H34N2O/c1-5-17-10-11-23(21(14-17)25(2,3)4)28-24-20-9-7-6-8-18(20)15-22(24)27-13-12-19(26)16-27/h6-11,14,19,22,24H,5,12-13,15-16,26H2,1-4H3. The summed E-state index contributed by atoms with van der Waals surface area (Å²) in [4.78, 5) is 2.55. The van der Waals surface area contributed by atoms with Gasteiger partial charge in [-0.25, -0.2) is 0 Å². The van der Waals surface area contributed by atoms with Crippen LogP contribution in [0.2, 0.25) is 0 Å². The quantitative estimate of drug-likeness (QED) is 0.843. The lowest BCUT2D eigenvalue weighted by molar-refractivity contribution is 0.0916. The minimum absolute atomic E-state index is 0.0458. The molecule has 0 radical (unpaired) electrons. The van der Waals surface area contributed by atoms with Crippen molar-refractivity contribution in [3.8, 4) is 5.75 Å². The first-order chi connectivity index (χ1) is 13.4. The van der Waals surface area contributed by atoms with Crippen molar-refractivity contribution in [3.63, 3.8) is 0 Å². The number of fused-ring (bicyclic) bond motifs is 1. The Morgan fingerprint density at radius 3 is 2.61 bits per heavy atom. The van der Waals surface area contributed by atoms with Gasteiger partial charge in [-0.2, -0.15) is 0 Å². The molecule has 2 aromatic rings. The molecule has 1 aliphatic heterocycles. The second-order valence-corrected chi connectivity index (χ2v) is 9.49. The van der Waals surface area contributed by atoms with Crippen LogP contribution in [0.5, 0.6) is 5.75 Å². The Kier molecular flexibility index (Phi) is 5.24. The molecule has 2 aliphatic rings. The van der Waals surface area contributed by atoms with Crippen molar-refractivity contribution < 1.29 is 4.74 Å². The van der Waals surface area contributed by atoms with Crippen LogP contribution in [-0.4, -0.2) is 30.1 Å². The molecule has 3 unspecified atom stereocenters. The Morgan fingerprint density at radius 2 is 1.93 bits per heavy atom. The summed E-state index contributed by atoms with van der Waals surface area (Å²) in [5.41, 5.74) is 11.7. The number of hydrogen-bond acceptors (Lipinski definition) is 3. The van der Waals surface area contributed by atoms with E-state index in [4.69, 9.17) is 10.5 Å². The number of nitrogens with zero attached hydrogens (tertiary/aromatic N) is 1. The second-order valence-electron chi connectivity index (χ2n) is 9.49. The van der Waals surface area contributed by atoms with E-state index in [1.165, 1.54) is 22.3 Å². The van der Waals surface area contributed by atoms with Crippen LogP contribution in [0.4, 0.5) is 0 Å². The molecule has 1 aliphatic carbocycles. The summed E-state index contributed by atoms with van der Waals surface area (Å²) < 4.78 is 6.84. The fourth-order valence-corrected chi connectivity index (χ4v) is 4.74. The predicted molar refractivity (Wildman–Crippen MR) is 116 cm³/mol. The molecule has 3 heteroatoms. The molecule has 1 heterocycles. The molecule has 0 spiro atoms. The van der Waals surface area contributed by atoms with Gasteiger partial charge < -0.3 is 10.5 Å². The van der Waals surface area contributed by atoms with Crippen molar-refractivity contribution in [3.05, 3.63) is 64.7 Å². The highest BCUT2D eigenvalue weighted by molar-refractivity contribution is 5.44. The maximum atomic E-state index is 6.84. The predicted octanol–water partition coefficient (Wildman–Crippen LogP) is 4.62. The maximum Gasteiger partial charge on any atom is 0.140 e. The average molecular weight is 379 g/mol. The molecule has 1 fully saturated rings. The van der Waals surface area contributed by atoms with Crippen molar-refractivity contribution >= 4 is 0 Å². The maximum absolute atomic E-state index is 6.84. The molecule has 0 saturated carbocycles. The zero-order valence-corrected chi connectivity index (χ0v) is 17.7. The lowest BCUT2D eigenvalue weighted by Gasteiger charge is -2.32. The number of rotatable bonds is 4. The van der Waals surface area contributed by atoms with Gasteiger partial charge in [0.25, 0.3) is 0 Å². The summed E-state index contributed by atoms with van der Waals surface area (Å²) in [6.07, 6.45) is 3.24. The molecule has 0 amide bonds. The number of hydrogen-bond donors (Lipinski definition) is 1. The van der Waals surface area contributed by atoms with E-state index in [1.807, 2.05) is 0 Å². The summed E-state index contributed by atoms with van der Waals surface area (Å²) >= 11 is 0. The number of nitrogens with two attached hydrogens (primary N) is 1. The van der Waals surface area contributed by atoms with Crippen molar-refractivity contribution in [2.24, 2.45) is 5.73 Å². The molecule has 0 aromatic heterocycles. The number of aryl methyl sites for hydroxylation is 1. The van der Waals surface area contributed by atoms with E-state index in [2.05, 4.69) is 75.1 Å². The molecule has 150 valence electrons. The second kappa shape index (κ2) is 7.53. The van der Waals surface area contributed by atoms with Gasteiger partial charge in [-0.1, -0.05) is 64.1 Å². The van der Waals surface area contributed by atoms with E-state index in [9.17, 15) is 0 Å². The third kappa shape index (κ3) is 3.70. The van der Waals surface area contributed by atoms with Gasteiger partial charge in [-0.15, -0.1) is 0 Å². The molecule has 2 aromatic carbocycles. The fourth-order valence-electron chi connectivity index (χ4n) is 4.74. The van der Waals surface area contributed by atoms with E-state index >= 15 is 0 Å². The van der Waals surface area contributed by atoms with Crippen LogP contribution in [0.1, 0.15) is 62.5 Å². The highest BCUT2D eigenvalue weighted by Gasteiger charge is 2.40. The Morgan fingerprint density at radius 1 is 1.14 bits per heavy atom. The lowest BCUT2D eigenvalue weighted by Crippen LogP contribution is -2.40. The van der Waals surface area contributed by atoms with Crippen LogP contribution >= 0.6 is 0 Å². The molecule has 1 saturated heterocycles. The highest BCUT2D eigenvalue weighted by Crippen LogP contribution is 2.41. The monoisotopic (exact) mass is 378 g/mol. The van der Waals surface area contributed by atoms with Crippen LogP contribution in [0.25, 0.3) is 0 Å². The van der Waals surface area contributed by atoms with Gasteiger partial charge in [0.05, 0.1) is 6.04 Å².